The number of rotatable bonds is 9. The Kier molecular flexibility index (Phi) is 7.99. The van der Waals surface area contributed by atoms with Gasteiger partial charge >= 0.3 is 0 Å². The van der Waals surface area contributed by atoms with Gasteiger partial charge in [0.15, 0.2) is 6.61 Å². The zero-order valence-corrected chi connectivity index (χ0v) is 16.6. The van der Waals surface area contributed by atoms with Crippen molar-refractivity contribution in [2.45, 2.75) is 39.8 Å². The lowest BCUT2D eigenvalue weighted by atomic mass is 10.1. The Morgan fingerprint density at radius 2 is 1.82 bits per heavy atom. The average molecular weight is 386 g/mol. The Bertz CT molecular complexity index is 793. The summed E-state index contributed by atoms with van der Waals surface area (Å²) in [5.74, 6) is -0.515. The van der Waals surface area contributed by atoms with Gasteiger partial charge in [-0.15, -0.1) is 0 Å². The topological polar surface area (TPSA) is 58.6 Å². The molecule has 2 aromatic carbocycles. The van der Waals surface area contributed by atoms with E-state index in [1.807, 2.05) is 26.0 Å². The monoisotopic (exact) mass is 386 g/mol. The molecule has 0 aliphatic carbocycles. The first-order chi connectivity index (χ1) is 13.4. The van der Waals surface area contributed by atoms with Crippen LogP contribution in [0.15, 0.2) is 48.5 Å². The first-order valence-electron chi connectivity index (χ1n) is 9.42. The molecule has 2 rings (SSSR count). The molecule has 2 aromatic rings. The number of ether oxygens (including phenoxy) is 1. The summed E-state index contributed by atoms with van der Waals surface area (Å²) in [6.45, 7) is 5.82. The van der Waals surface area contributed by atoms with Crippen molar-refractivity contribution in [3.63, 3.8) is 0 Å². The highest BCUT2D eigenvalue weighted by Crippen LogP contribution is 2.15. The minimum atomic E-state index is -0.750. The second-order valence-corrected chi connectivity index (χ2v) is 6.68. The van der Waals surface area contributed by atoms with E-state index in [1.54, 1.807) is 37.3 Å². The SMILES string of the molecule is CCCNC(=O)[C@H](C)N(Cc1ccccc1F)C(=O)COc1ccc(C)cc1. The van der Waals surface area contributed by atoms with Crippen LogP contribution < -0.4 is 10.1 Å². The van der Waals surface area contributed by atoms with Crippen molar-refractivity contribution in [3.8, 4) is 5.75 Å². The molecule has 0 aliphatic heterocycles. The van der Waals surface area contributed by atoms with E-state index in [4.69, 9.17) is 4.74 Å². The fourth-order valence-electron chi connectivity index (χ4n) is 2.65. The van der Waals surface area contributed by atoms with Gasteiger partial charge in [-0.1, -0.05) is 42.8 Å². The maximum atomic E-state index is 14.1. The van der Waals surface area contributed by atoms with Gasteiger partial charge in [-0.05, 0) is 38.5 Å². The summed E-state index contributed by atoms with van der Waals surface area (Å²) < 4.78 is 19.7. The Morgan fingerprint density at radius 1 is 1.14 bits per heavy atom. The van der Waals surface area contributed by atoms with E-state index in [9.17, 15) is 14.0 Å². The van der Waals surface area contributed by atoms with Crippen molar-refractivity contribution < 1.29 is 18.7 Å². The molecule has 0 bridgehead atoms. The highest BCUT2D eigenvalue weighted by Gasteiger charge is 2.27. The molecule has 0 unspecified atom stereocenters. The lowest BCUT2D eigenvalue weighted by Gasteiger charge is -2.28. The lowest BCUT2D eigenvalue weighted by Crippen LogP contribution is -2.49. The van der Waals surface area contributed by atoms with Crippen molar-refractivity contribution in [1.82, 2.24) is 10.2 Å². The van der Waals surface area contributed by atoms with Crippen LogP contribution in [-0.4, -0.2) is 35.9 Å². The van der Waals surface area contributed by atoms with Crippen molar-refractivity contribution >= 4 is 11.8 Å². The quantitative estimate of drug-likeness (QED) is 0.718. The van der Waals surface area contributed by atoms with Crippen molar-refractivity contribution in [3.05, 3.63) is 65.5 Å². The predicted octanol–water partition coefficient (Wildman–Crippen LogP) is 3.46. The van der Waals surface area contributed by atoms with Gasteiger partial charge in [0.25, 0.3) is 5.91 Å². The summed E-state index contributed by atoms with van der Waals surface area (Å²) in [5.41, 5.74) is 1.43. The van der Waals surface area contributed by atoms with Gasteiger partial charge in [0.1, 0.15) is 17.6 Å². The first-order valence-corrected chi connectivity index (χ1v) is 9.42. The third kappa shape index (κ3) is 6.08. The van der Waals surface area contributed by atoms with Gasteiger partial charge in [-0.25, -0.2) is 4.39 Å². The standard InChI is InChI=1S/C22H27FN2O3/c1-4-13-24-22(27)17(3)25(14-18-7-5-6-8-20(18)23)21(26)15-28-19-11-9-16(2)10-12-19/h5-12,17H,4,13-15H2,1-3H3,(H,24,27)/t17-/m0/s1. The van der Waals surface area contributed by atoms with Gasteiger partial charge in [0.05, 0.1) is 0 Å². The molecule has 2 amide bonds. The van der Waals surface area contributed by atoms with E-state index >= 15 is 0 Å². The number of nitrogens with zero attached hydrogens (tertiary/aromatic N) is 1. The molecule has 6 heteroatoms. The van der Waals surface area contributed by atoms with Crippen LogP contribution in [0.5, 0.6) is 5.75 Å². The Hall–Kier alpha value is -2.89. The predicted molar refractivity (Wildman–Crippen MR) is 106 cm³/mol. The van der Waals surface area contributed by atoms with Gasteiger partial charge in [0.2, 0.25) is 5.91 Å². The van der Waals surface area contributed by atoms with E-state index in [-0.39, 0.29) is 25.0 Å². The van der Waals surface area contributed by atoms with Crippen molar-refractivity contribution in [2.24, 2.45) is 0 Å². The Labute approximate surface area is 165 Å². The smallest absolute Gasteiger partial charge is 0.261 e. The van der Waals surface area contributed by atoms with Crippen molar-refractivity contribution in [1.29, 1.82) is 0 Å². The number of aryl methyl sites for hydroxylation is 1. The summed E-state index contributed by atoms with van der Waals surface area (Å²) in [6.07, 6.45) is 0.788. The molecule has 0 radical (unpaired) electrons. The molecule has 1 atom stereocenters. The molecule has 0 saturated heterocycles. The molecule has 0 heterocycles. The van der Waals surface area contributed by atoms with Crippen LogP contribution in [0.4, 0.5) is 4.39 Å². The van der Waals surface area contributed by atoms with Crippen LogP contribution in [0, 0.1) is 12.7 Å². The van der Waals surface area contributed by atoms with Crippen molar-refractivity contribution in [2.75, 3.05) is 13.2 Å². The highest BCUT2D eigenvalue weighted by atomic mass is 19.1. The number of hydrogen-bond acceptors (Lipinski definition) is 3. The summed E-state index contributed by atoms with van der Waals surface area (Å²) in [4.78, 5) is 26.6. The molecule has 0 spiro atoms. The molecule has 5 nitrogen and oxygen atoms in total. The maximum absolute atomic E-state index is 14.1. The zero-order chi connectivity index (χ0) is 20.5. The second kappa shape index (κ2) is 10.4. The van der Waals surface area contributed by atoms with Crippen LogP contribution >= 0.6 is 0 Å². The molecule has 1 N–H and O–H groups in total. The van der Waals surface area contributed by atoms with E-state index < -0.39 is 11.9 Å². The van der Waals surface area contributed by atoms with E-state index in [2.05, 4.69) is 5.32 Å². The average Bonchev–Trinajstić information content (AvgIpc) is 2.70. The number of halogens is 1. The largest absolute Gasteiger partial charge is 0.484 e. The first kappa shape index (κ1) is 21.4. The minimum absolute atomic E-state index is 0.0104. The van der Waals surface area contributed by atoms with Gasteiger partial charge < -0.3 is 15.0 Å². The number of benzene rings is 2. The Morgan fingerprint density at radius 3 is 2.46 bits per heavy atom. The van der Waals surface area contributed by atoms with E-state index in [0.717, 1.165) is 12.0 Å². The molecule has 150 valence electrons. The van der Waals surface area contributed by atoms with Crippen LogP contribution in [-0.2, 0) is 16.1 Å². The fraction of sp³-hybridized carbons (Fsp3) is 0.364. The molecule has 0 aliphatic rings. The van der Waals surface area contributed by atoms with Crippen LogP contribution in [0.2, 0.25) is 0 Å². The van der Waals surface area contributed by atoms with Crippen LogP contribution in [0.1, 0.15) is 31.4 Å². The maximum Gasteiger partial charge on any atom is 0.261 e. The Balaban J connectivity index is 2.13. The molecule has 0 fully saturated rings. The number of carbonyl (C=O) groups is 2. The van der Waals surface area contributed by atoms with Gasteiger partial charge in [-0.3, -0.25) is 9.59 Å². The minimum Gasteiger partial charge on any atom is -0.484 e. The summed E-state index contributed by atoms with van der Waals surface area (Å²) in [7, 11) is 0. The molecular formula is C22H27FN2O3. The third-order valence-corrected chi connectivity index (χ3v) is 4.40. The van der Waals surface area contributed by atoms with E-state index in [1.165, 1.54) is 11.0 Å². The fourth-order valence-corrected chi connectivity index (χ4v) is 2.65. The molecule has 0 saturated carbocycles. The number of nitrogens with one attached hydrogen (secondary N) is 1. The number of amides is 2. The highest BCUT2D eigenvalue weighted by molar-refractivity contribution is 5.87. The van der Waals surface area contributed by atoms with Crippen LogP contribution in [0.25, 0.3) is 0 Å². The van der Waals surface area contributed by atoms with Gasteiger partial charge in [-0.2, -0.15) is 0 Å². The summed E-state index contributed by atoms with van der Waals surface area (Å²) in [5, 5.41) is 2.78. The third-order valence-electron chi connectivity index (χ3n) is 4.40. The molecular weight excluding hydrogens is 359 g/mol. The van der Waals surface area contributed by atoms with Gasteiger partial charge in [0, 0.05) is 18.7 Å². The number of carbonyl (C=O) groups excluding carboxylic acids is 2. The van der Waals surface area contributed by atoms with E-state index in [0.29, 0.717) is 17.9 Å². The normalized spacial score (nSPS) is 11.6. The molecule has 28 heavy (non-hydrogen) atoms. The lowest BCUT2D eigenvalue weighted by molar-refractivity contribution is -0.142. The summed E-state index contributed by atoms with van der Waals surface area (Å²) >= 11 is 0. The zero-order valence-electron chi connectivity index (χ0n) is 16.6. The molecule has 0 aromatic heterocycles. The summed E-state index contributed by atoms with van der Waals surface area (Å²) in [6, 6.07) is 12.8. The second-order valence-electron chi connectivity index (χ2n) is 6.68. The van der Waals surface area contributed by atoms with Crippen LogP contribution in [0.3, 0.4) is 0 Å². The number of hydrogen-bond donors (Lipinski definition) is 1.